The molecular weight excluding hydrogens is 624 g/mol. The zero-order valence-electron chi connectivity index (χ0n) is 26.8. The lowest BCUT2D eigenvalue weighted by Gasteiger charge is -2.29. The Morgan fingerprint density at radius 1 is 0.894 bits per heavy atom. The maximum absolute atomic E-state index is 12.8. The van der Waals surface area contributed by atoms with Gasteiger partial charge < -0.3 is 14.6 Å². The standard InChI is InChI=1S/C35H40N2O9S/c1-5-32(38)45-21-11-9-8-10-12-24-13-15-25(16-14-24)34(41)46-30-20-18-26(22-28(30)33(39)40)36-37-27-17-19-29(35(4,6-2)7-3)31(23-27)47(42,43)44/h5,13-20,22-23H,1,6-12,21H2,2-4H3,(H,39,40)(H,42,43,44)/b37-36+. The Morgan fingerprint density at radius 2 is 1.51 bits per heavy atom. The van der Waals surface area contributed by atoms with Crippen LogP contribution in [0.15, 0.2) is 88.4 Å². The lowest BCUT2D eigenvalue weighted by Crippen LogP contribution is -2.22. The number of azo groups is 1. The minimum atomic E-state index is -4.56. The second kappa shape index (κ2) is 16.8. The van der Waals surface area contributed by atoms with Crippen molar-refractivity contribution in [2.24, 2.45) is 10.2 Å². The van der Waals surface area contributed by atoms with Gasteiger partial charge in [-0.3, -0.25) is 4.55 Å². The number of carboxylic acid groups (broad SMARTS) is 1. The molecule has 3 aromatic rings. The van der Waals surface area contributed by atoms with Gasteiger partial charge in [-0.15, -0.1) is 0 Å². The number of unbranched alkanes of at least 4 members (excludes halogenated alkanes) is 3. The van der Waals surface area contributed by atoms with Crippen LogP contribution in [0.5, 0.6) is 5.75 Å². The summed E-state index contributed by atoms with van der Waals surface area (Å²) in [7, 11) is -4.56. The second-order valence-corrected chi connectivity index (χ2v) is 12.6. The number of aryl methyl sites for hydroxylation is 1. The number of carbonyl (C=O) groups is 3. The lowest BCUT2D eigenvalue weighted by atomic mass is 9.78. The van der Waals surface area contributed by atoms with Crippen LogP contribution < -0.4 is 4.74 Å². The second-order valence-electron chi connectivity index (χ2n) is 11.2. The first-order chi connectivity index (χ1) is 22.3. The number of hydrogen-bond donors (Lipinski definition) is 2. The Bertz CT molecular complexity index is 1730. The first-order valence-electron chi connectivity index (χ1n) is 15.3. The van der Waals surface area contributed by atoms with Gasteiger partial charge in [0.05, 0.1) is 28.4 Å². The quantitative estimate of drug-likeness (QED) is 0.0361. The van der Waals surface area contributed by atoms with Crippen molar-refractivity contribution in [3.05, 3.63) is 95.6 Å². The molecule has 250 valence electrons. The Balaban J connectivity index is 1.67. The third-order valence-corrected chi connectivity index (χ3v) is 8.99. The maximum atomic E-state index is 12.8. The highest BCUT2D eigenvalue weighted by Crippen LogP contribution is 2.37. The topological polar surface area (TPSA) is 169 Å². The molecule has 0 atom stereocenters. The Hall–Kier alpha value is -4.68. The molecule has 0 unspecified atom stereocenters. The van der Waals surface area contributed by atoms with Crippen LogP contribution >= 0.6 is 0 Å². The fraction of sp³-hybridized carbons (Fsp3) is 0.343. The van der Waals surface area contributed by atoms with E-state index in [0.29, 0.717) is 25.0 Å². The van der Waals surface area contributed by atoms with Crippen LogP contribution in [0.2, 0.25) is 0 Å². The SMILES string of the molecule is C=CC(=O)OCCCCCCc1ccc(C(=O)Oc2ccc(/N=N/c3ccc(C(C)(CC)CC)c(S(=O)(=O)O)c3)cc2C(=O)O)cc1. The van der Waals surface area contributed by atoms with Crippen molar-refractivity contribution < 1.29 is 41.9 Å². The smallest absolute Gasteiger partial charge is 0.343 e. The van der Waals surface area contributed by atoms with Gasteiger partial charge in [0.15, 0.2) is 0 Å². The van der Waals surface area contributed by atoms with E-state index in [9.17, 15) is 32.5 Å². The van der Waals surface area contributed by atoms with Crippen LogP contribution in [-0.2, 0) is 31.5 Å². The van der Waals surface area contributed by atoms with E-state index >= 15 is 0 Å². The molecule has 0 aromatic heterocycles. The zero-order chi connectivity index (χ0) is 34.6. The molecule has 0 aliphatic carbocycles. The van der Waals surface area contributed by atoms with Gasteiger partial charge in [0.25, 0.3) is 10.1 Å². The number of carbonyl (C=O) groups excluding carboxylic acids is 2. The molecule has 0 fully saturated rings. The molecule has 0 radical (unpaired) electrons. The van der Waals surface area contributed by atoms with E-state index in [2.05, 4.69) is 16.8 Å². The molecule has 11 nitrogen and oxygen atoms in total. The molecule has 2 N–H and O–H groups in total. The van der Waals surface area contributed by atoms with E-state index in [-0.39, 0.29) is 33.1 Å². The summed E-state index contributed by atoms with van der Waals surface area (Å²) in [6.45, 7) is 9.50. The van der Waals surface area contributed by atoms with Crippen molar-refractivity contribution >= 4 is 39.4 Å². The maximum Gasteiger partial charge on any atom is 0.343 e. The number of rotatable bonds is 17. The van der Waals surface area contributed by atoms with Gasteiger partial charge in [0.2, 0.25) is 0 Å². The number of hydrogen-bond acceptors (Lipinski definition) is 9. The fourth-order valence-electron chi connectivity index (χ4n) is 4.85. The fourth-order valence-corrected chi connectivity index (χ4v) is 5.71. The predicted octanol–water partition coefficient (Wildman–Crippen LogP) is 8.18. The Morgan fingerprint density at radius 3 is 2.11 bits per heavy atom. The summed E-state index contributed by atoms with van der Waals surface area (Å²) in [5.41, 5.74) is 1.20. The molecule has 3 rings (SSSR count). The zero-order valence-corrected chi connectivity index (χ0v) is 27.6. The van der Waals surface area contributed by atoms with Crippen LogP contribution in [0.25, 0.3) is 0 Å². The third-order valence-electron chi connectivity index (χ3n) is 8.09. The largest absolute Gasteiger partial charge is 0.478 e. The minimum absolute atomic E-state index is 0.119. The predicted molar refractivity (Wildman–Crippen MR) is 176 cm³/mol. The van der Waals surface area contributed by atoms with Gasteiger partial charge in [-0.25, -0.2) is 14.4 Å². The number of benzene rings is 3. The number of ether oxygens (including phenoxy) is 2. The summed E-state index contributed by atoms with van der Waals surface area (Å²) in [6, 6.07) is 15.1. The van der Waals surface area contributed by atoms with Crippen molar-refractivity contribution in [3.8, 4) is 5.75 Å². The number of carboxylic acids is 1. The number of esters is 2. The van der Waals surface area contributed by atoms with Crippen molar-refractivity contribution in [2.45, 2.75) is 76.0 Å². The van der Waals surface area contributed by atoms with Crippen molar-refractivity contribution in [3.63, 3.8) is 0 Å². The summed E-state index contributed by atoms with van der Waals surface area (Å²) < 4.78 is 44.6. The van der Waals surface area contributed by atoms with Crippen molar-refractivity contribution in [2.75, 3.05) is 6.61 Å². The normalized spacial score (nSPS) is 11.7. The summed E-state index contributed by atoms with van der Waals surface area (Å²) in [4.78, 5) is 35.6. The molecule has 0 saturated carbocycles. The highest BCUT2D eigenvalue weighted by molar-refractivity contribution is 7.85. The van der Waals surface area contributed by atoms with Gasteiger partial charge in [0.1, 0.15) is 11.3 Å². The van der Waals surface area contributed by atoms with Crippen LogP contribution in [-0.4, -0.2) is 42.6 Å². The van der Waals surface area contributed by atoms with Crippen LogP contribution in [0.3, 0.4) is 0 Å². The van der Waals surface area contributed by atoms with E-state index in [4.69, 9.17) is 9.47 Å². The van der Waals surface area contributed by atoms with E-state index in [1.165, 1.54) is 24.3 Å². The van der Waals surface area contributed by atoms with E-state index in [0.717, 1.165) is 43.7 Å². The lowest BCUT2D eigenvalue weighted by molar-refractivity contribution is -0.137. The molecular formula is C35H40N2O9S. The molecule has 0 amide bonds. The Labute approximate surface area is 275 Å². The van der Waals surface area contributed by atoms with Crippen molar-refractivity contribution in [1.29, 1.82) is 0 Å². The summed E-state index contributed by atoms with van der Waals surface area (Å²) in [5, 5.41) is 17.9. The summed E-state index contributed by atoms with van der Waals surface area (Å²) >= 11 is 0. The van der Waals surface area contributed by atoms with Crippen LogP contribution in [0.1, 0.15) is 91.1 Å². The minimum Gasteiger partial charge on any atom is -0.478 e. The average molecular weight is 665 g/mol. The van der Waals surface area contributed by atoms with E-state index in [1.807, 2.05) is 32.9 Å². The van der Waals surface area contributed by atoms with Crippen molar-refractivity contribution in [1.82, 2.24) is 0 Å². The van der Waals surface area contributed by atoms with Gasteiger partial charge in [0, 0.05) is 6.08 Å². The molecule has 0 heterocycles. The first kappa shape index (κ1) is 36.8. The molecule has 3 aromatic carbocycles. The first-order valence-corrected chi connectivity index (χ1v) is 16.8. The molecule has 0 aliphatic rings. The van der Waals surface area contributed by atoms with Gasteiger partial charge in [-0.2, -0.15) is 18.6 Å². The average Bonchev–Trinajstić information content (AvgIpc) is 3.06. The summed E-state index contributed by atoms with van der Waals surface area (Å²) in [6.07, 6.45) is 6.81. The third kappa shape index (κ3) is 10.4. The monoisotopic (exact) mass is 664 g/mol. The molecule has 0 aliphatic heterocycles. The molecule has 0 saturated heterocycles. The highest BCUT2D eigenvalue weighted by atomic mass is 32.2. The Kier molecular flexibility index (Phi) is 13.1. The van der Waals surface area contributed by atoms with Crippen LogP contribution in [0.4, 0.5) is 11.4 Å². The number of nitrogens with zero attached hydrogens (tertiary/aromatic N) is 2. The van der Waals surface area contributed by atoms with Crippen LogP contribution in [0, 0.1) is 0 Å². The molecule has 47 heavy (non-hydrogen) atoms. The highest BCUT2D eigenvalue weighted by Gasteiger charge is 2.29. The van der Waals surface area contributed by atoms with Gasteiger partial charge >= 0.3 is 17.9 Å². The van der Waals surface area contributed by atoms with E-state index < -0.39 is 33.4 Å². The molecule has 0 spiro atoms. The molecule has 12 heteroatoms. The van der Waals surface area contributed by atoms with Gasteiger partial charge in [-0.05, 0) is 91.1 Å². The number of aromatic carboxylic acids is 1. The summed E-state index contributed by atoms with van der Waals surface area (Å²) in [5.74, 6) is -2.69. The molecule has 0 bridgehead atoms. The van der Waals surface area contributed by atoms with E-state index in [1.54, 1.807) is 24.3 Å². The van der Waals surface area contributed by atoms with Gasteiger partial charge in [-0.1, -0.05) is 58.4 Å².